The summed E-state index contributed by atoms with van der Waals surface area (Å²) >= 11 is 0. The maximum atomic E-state index is 14.1. The summed E-state index contributed by atoms with van der Waals surface area (Å²) in [6, 6.07) is -1.44. The lowest BCUT2D eigenvalue weighted by Crippen LogP contribution is -2.68. The van der Waals surface area contributed by atoms with E-state index in [2.05, 4.69) is 0 Å². The third-order valence-electron chi connectivity index (χ3n) is 7.96. The summed E-state index contributed by atoms with van der Waals surface area (Å²) in [5, 5.41) is 32.8. The molecule has 184 valence electrons. The van der Waals surface area contributed by atoms with Gasteiger partial charge in [0.1, 0.15) is 11.8 Å². The molecule has 6 rings (SSSR count). The number of carbonyl (C=O) groups excluding carboxylic acids is 2. The molecule has 3 N–H and O–H groups in total. The molecule has 35 heavy (non-hydrogen) atoms. The molecule has 0 saturated carbocycles. The van der Waals surface area contributed by atoms with Crippen molar-refractivity contribution in [2.75, 3.05) is 27.6 Å². The number of phenols is 2. The van der Waals surface area contributed by atoms with Gasteiger partial charge < -0.3 is 34.4 Å². The van der Waals surface area contributed by atoms with E-state index in [4.69, 9.17) is 14.2 Å². The van der Waals surface area contributed by atoms with Crippen molar-refractivity contribution in [3.63, 3.8) is 0 Å². The van der Waals surface area contributed by atoms with Crippen molar-refractivity contribution in [2.45, 2.75) is 44.4 Å². The second kappa shape index (κ2) is 7.25. The lowest BCUT2D eigenvalue weighted by molar-refractivity contribution is -0.155. The Kier molecular flexibility index (Phi) is 4.56. The largest absolute Gasteiger partial charge is 0.507 e. The number of fused-ring (bicyclic) bond motifs is 9. The molecule has 1 unspecified atom stereocenters. The molecule has 1 fully saturated rings. The first-order valence-electron chi connectivity index (χ1n) is 11.5. The molecule has 1 saturated heterocycles. The van der Waals surface area contributed by atoms with Crippen LogP contribution in [0.2, 0.25) is 0 Å². The summed E-state index contributed by atoms with van der Waals surface area (Å²) in [4.78, 5) is 31.2. The van der Waals surface area contributed by atoms with Gasteiger partial charge in [0.15, 0.2) is 28.8 Å². The molecule has 2 aromatic carbocycles. The van der Waals surface area contributed by atoms with E-state index in [0.717, 1.165) is 11.1 Å². The number of rotatable bonds is 2. The van der Waals surface area contributed by atoms with Gasteiger partial charge in [-0.15, -0.1) is 0 Å². The number of carbonyl (C=O) groups is 2. The lowest BCUT2D eigenvalue weighted by atomic mass is 9.73. The Morgan fingerprint density at radius 2 is 1.80 bits per heavy atom. The van der Waals surface area contributed by atoms with Crippen molar-refractivity contribution in [2.24, 2.45) is 0 Å². The quantitative estimate of drug-likeness (QED) is 0.583. The van der Waals surface area contributed by atoms with E-state index in [1.807, 2.05) is 13.0 Å². The number of ketones is 1. The summed E-state index contributed by atoms with van der Waals surface area (Å²) in [6.07, 6.45) is 0.332. The Bertz CT molecular complexity index is 1320. The highest BCUT2D eigenvalue weighted by atomic mass is 16.7. The van der Waals surface area contributed by atoms with Crippen LogP contribution in [0.15, 0.2) is 6.07 Å². The van der Waals surface area contributed by atoms with Crippen molar-refractivity contribution in [1.82, 2.24) is 9.80 Å². The minimum absolute atomic E-state index is 0.0115. The molecule has 4 heterocycles. The summed E-state index contributed by atoms with van der Waals surface area (Å²) in [6.45, 7) is 2.86. The Balaban J connectivity index is 1.64. The van der Waals surface area contributed by atoms with E-state index in [-0.39, 0.29) is 41.1 Å². The van der Waals surface area contributed by atoms with Gasteiger partial charge in [-0.3, -0.25) is 14.5 Å². The number of nitrogens with zero attached hydrogens (tertiary/aromatic N) is 2. The van der Waals surface area contributed by atoms with Crippen molar-refractivity contribution >= 4 is 11.7 Å². The van der Waals surface area contributed by atoms with Gasteiger partial charge in [0, 0.05) is 16.7 Å². The van der Waals surface area contributed by atoms with E-state index >= 15 is 0 Å². The van der Waals surface area contributed by atoms with Crippen molar-refractivity contribution < 1.29 is 39.1 Å². The fraction of sp³-hybridized carbons (Fsp3) is 0.440. The van der Waals surface area contributed by atoms with E-state index in [9.17, 15) is 24.9 Å². The molecule has 0 aromatic heterocycles. The number of Topliss-reactive ketones (excluding diaryl/α,β-unsaturated/α-hetero) is 1. The number of hydrogen-bond donors (Lipinski definition) is 3. The first kappa shape index (κ1) is 22.0. The van der Waals surface area contributed by atoms with Crippen LogP contribution in [-0.4, -0.2) is 76.5 Å². The highest BCUT2D eigenvalue weighted by molar-refractivity contribution is 6.10. The third kappa shape index (κ3) is 2.55. The highest BCUT2D eigenvalue weighted by Crippen LogP contribution is 2.57. The van der Waals surface area contributed by atoms with Gasteiger partial charge in [-0.25, -0.2) is 0 Å². The van der Waals surface area contributed by atoms with Crippen LogP contribution in [0.25, 0.3) is 0 Å². The van der Waals surface area contributed by atoms with Crippen LogP contribution in [0.5, 0.6) is 28.7 Å². The predicted octanol–water partition coefficient (Wildman–Crippen LogP) is 1.49. The molecule has 10 nitrogen and oxygen atoms in total. The van der Waals surface area contributed by atoms with E-state index < -0.39 is 36.6 Å². The molecule has 0 spiro atoms. The molecule has 0 radical (unpaired) electrons. The number of piperazine rings is 1. The Labute approximate surface area is 201 Å². The topological polar surface area (TPSA) is 129 Å². The molecule has 2 aromatic rings. The molecule has 4 aliphatic heterocycles. The molecule has 4 aliphatic rings. The number of aromatic hydroxyl groups is 2. The first-order chi connectivity index (χ1) is 16.7. The monoisotopic (exact) mass is 482 g/mol. The van der Waals surface area contributed by atoms with Gasteiger partial charge in [0.05, 0.1) is 37.4 Å². The number of likely N-dealkylation sites (N-methyl/N-ethyl adjacent to an activating group) is 1. The SMILES string of the molecule is COc1c(C)cc2c(c1O)[C@@H]1C3C(=O)c4c(O)c(C)c5c(c4[C@H](CO)N3C(=O)[C@H](C2)N1C)OCO5. The van der Waals surface area contributed by atoms with Crippen LogP contribution in [0.3, 0.4) is 0 Å². The number of methoxy groups -OCH3 is 1. The van der Waals surface area contributed by atoms with Gasteiger partial charge in [0.25, 0.3) is 0 Å². The van der Waals surface area contributed by atoms with Crippen molar-refractivity contribution in [3.8, 4) is 28.7 Å². The van der Waals surface area contributed by atoms with Gasteiger partial charge in [-0.2, -0.15) is 0 Å². The van der Waals surface area contributed by atoms with Crippen LogP contribution in [0, 0.1) is 13.8 Å². The normalized spacial score (nSPS) is 26.4. The molecular formula is C25H26N2O8. The number of phenolic OH excluding ortho intramolecular Hbond substituents is 2. The van der Waals surface area contributed by atoms with Crippen molar-refractivity contribution in [3.05, 3.63) is 39.4 Å². The van der Waals surface area contributed by atoms with Gasteiger partial charge >= 0.3 is 0 Å². The molecule has 4 atom stereocenters. The van der Waals surface area contributed by atoms with Gasteiger partial charge in [-0.1, -0.05) is 6.07 Å². The number of amides is 1. The predicted molar refractivity (Wildman–Crippen MR) is 121 cm³/mol. The number of hydrogen-bond acceptors (Lipinski definition) is 9. The number of aryl methyl sites for hydroxylation is 1. The average molecular weight is 482 g/mol. The van der Waals surface area contributed by atoms with Crippen molar-refractivity contribution in [1.29, 1.82) is 0 Å². The maximum absolute atomic E-state index is 14.1. The smallest absolute Gasteiger partial charge is 0.241 e. The van der Waals surface area contributed by atoms with Crippen LogP contribution in [0.1, 0.15) is 50.3 Å². The standard InChI is InChI=1S/C25H26N2O8/c1-9-5-11-6-12-25(32)27-13(7-28)15-16(19(29)10(2)23-24(15)35-8-34-23)20(30)18(27)17(26(12)3)14(11)21(31)22(9)33-4/h5,12-13,17-18,28-29,31H,6-8H2,1-4H3/t12-,13-,17+,18?/m0/s1. The number of ether oxygens (including phenoxy) is 3. The maximum Gasteiger partial charge on any atom is 0.241 e. The van der Waals surface area contributed by atoms with Crippen LogP contribution >= 0.6 is 0 Å². The van der Waals surface area contributed by atoms with E-state index in [1.54, 1.807) is 18.9 Å². The molecular weight excluding hydrogens is 456 g/mol. The Hall–Kier alpha value is -3.50. The lowest BCUT2D eigenvalue weighted by Gasteiger charge is -2.56. The van der Waals surface area contributed by atoms with Crippen LogP contribution in [0.4, 0.5) is 0 Å². The summed E-state index contributed by atoms with van der Waals surface area (Å²) < 4.78 is 16.6. The van der Waals surface area contributed by atoms with Crippen LogP contribution < -0.4 is 14.2 Å². The van der Waals surface area contributed by atoms with Gasteiger partial charge in [0.2, 0.25) is 12.7 Å². The molecule has 2 bridgehead atoms. The fourth-order valence-electron chi connectivity index (χ4n) is 6.42. The molecule has 10 heteroatoms. The average Bonchev–Trinajstić information content (AvgIpc) is 3.31. The third-order valence-corrected chi connectivity index (χ3v) is 7.96. The zero-order valence-electron chi connectivity index (χ0n) is 19.8. The summed E-state index contributed by atoms with van der Waals surface area (Å²) in [7, 11) is 3.22. The molecule has 1 amide bonds. The second-order valence-corrected chi connectivity index (χ2v) is 9.56. The summed E-state index contributed by atoms with van der Waals surface area (Å²) in [5.74, 6) is -0.251. The number of aliphatic hydroxyl groups is 1. The number of benzene rings is 2. The van der Waals surface area contributed by atoms with Gasteiger partial charge in [-0.05, 0) is 38.4 Å². The number of aliphatic hydroxyl groups excluding tert-OH is 1. The fourth-order valence-corrected chi connectivity index (χ4v) is 6.42. The summed E-state index contributed by atoms with van der Waals surface area (Å²) in [5.41, 5.74) is 2.63. The first-order valence-corrected chi connectivity index (χ1v) is 11.5. The highest BCUT2D eigenvalue weighted by Gasteiger charge is 2.59. The zero-order valence-corrected chi connectivity index (χ0v) is 19.8. The minimum atomic E-state index is -1.09. The Morgan fingerprint density at radius 1 is 1.09 bits per heavy atom. The molecule has 0 aliphatic carbocycles. The van der Waals surface area contributed by atoms with E-state index in [1.165, 1.54) is 12.0 Å². The Morgan fingerprint density at radius 3 is 2.49 bits per heavy atom. The second-order valence-electron chi connectivity index (χ2n) is 9.56. The minimum Gasteiger partial charge on any atom is -0.507 e. The van der Waals surface area contributed by atoms with Crippen LogP contribution in [-0.2, 0) is 11.2 Å². The van der Waals surface area contributed by atoms with E-state index in [0.29, 0.717) is 29.0 Å². The zero-order chi connectivity index (χ0) is 24.9.